The van der Waals surface area contributed by atoms with Crippen LogP contribution >= 0.6 is 23.2 Å². The fourth-order valence-corrected chi connectivity index (χ4v) is 6.20. The Morgan fingerprint density at radius 3 is 2.19 bits per heavy atom. The summed E-state index contributed by atoms with van der Waals surface area (Å²) in [7, 11) is 0. The molecule has 2 aliphatic carbocycles. The zero-order chi connectivity index (χ0) is 26.6. The third-order valence-corrected chi connectivity index (χ3v) is 7.99. The van der Waals surface area contributed by atoms with Gasteiger partial charge in [0.2, 0.25) is 0 Å². The molecule has 0 radical (unpaired) electrons. The van der Waals surface area contributed by atoms with Gasteiger partial charge in [-0.2, -0.15) is 0 Å². The van der Waals surface area contributed by atoms with E-state index >= 15 is 0 Å². The number of halogens is 2. The second-order valence-corrected chi connectivity index (χ2v) is 11.8. The topological polar surface area (TPSA) is 103 Å². The molecule has 1 aromatic heterocycles. The second-order valence-electron chi connectivity index (χ2n) is 11.0. The van der Waals surface area contributed by atoms with Crippen molar-refractivity contribution in [3.63, 3.8) is 0 Å². The average molecular weight is 536 g/mol. The molecule has 2 N–H and O–H groups in total. The Bertz CT molecular complexity index is 1030. The lowest BCUT2D eigenvalue weighted by molar-refractivity contribution is -0.128. The summed E-state index contributed by atoms with van der Waals surface area (Å²) in [5, 5.41) is 11.7. The number of pyridine rings is 1. The fourth-order valence-electron chi connectivity index (χ4n) is 5.62. The van der Waals surface area contributed by atoms with Crippen molar-refractivity contribution in [2.75, 3.05) is 13.1 Å². The van der Waals surface area contributed by atoms with E-state index in [9.17, 15) is 14.4 Å². The number of aromatic nitrogens is 1. The van der Waals surface area contributed by atoms with Crippen molar-refractivity contribution >= 4 is 46.9 Å². The van der Waals surface area contributed by atoms with Crippen LogP contribution in [0.2, 0.25) is 10.0 Å². The van der Waals surface area contributed by atoms with Gasteiger partial charge in [0.25, 0.3) is 5.91 Å². The van der Waals surface area contributed by atoms with Gasteiger partial charge in [0.1, 0.15) is 5.78 Å². The number of hydrogen-bond acceptors (Lipinski definition) is 6. The number of amides is 1. The zero-order valence-corrected chi connectivity index (χ0v) is 23.0. The van der Waals surface area contributed by atoms with Gasteiger partial charge in [0, 0.05) is 42.8 Å². The van der Waals surface area contributed by atoms with Gasteiger partial charge in [-0.15, -0.1) is 0 Å². The molecular formula is C27H36Cl2N4O3. The molecule has 3 rings (SSSR count). The number of hydrogen-bond donors (Lipinski definition) is 2. The number of allylic oxidation sites excluding steroid dienone is 1. The van der Waals surface area contributed by atoms with Crippen LogP contribution < -0.4 is 5.32 Å². The molecule has 1 heterocycles. The van der Waals surface area contributed by atoms with Crippen molar-refractivity contribution in [1.29, 1.82) is 5.41 Å². The van der Waals surface area contributed by atoms with E-state index in [4.69, 9.17) is 28.6 Å². The predicted octanol–water partition coefficient (Wildman–Crippen LogP) is 5.50. The number of rotatable bonds is 10. The average Bonchev–Trinajstić information content (AvgIpc) is 2.78. The number of carbonyl (C=O) groups is 3. The highest BCUT2D eigenvalue weighted by molar-refractivity contribution is 6.39. The number of Topliss-reactive ketones (excluding diaryl/α,β-unsaturated/α-hetero) is 2. The molecule has 9 heteroatoms. The molecule has 0 saturated heterocycles. The molecule has 2 aliphatic rings. The minimum Gasteiger partial charge on any atom is -0.385 e. The maximum Gasteiger partial charge on any atom is 0.257 e. The van der Waals surface area contributed by atoms with Crippen LogP contribution in [0.3, 0.4) is 0 Å². The quantitative estimate of drug-likeness (QED) is 0.234. The van der Waals surface area contributed by atoms with E-state index in [1.807, 2.05) is 0 Å². The molecule has 1 amide bonds. The fraction of sp³-hybridized carbons (Fsp3) is 0.593. The molecule has 0 bridgehead atoms. The SMILES string of the molecule is C/C(N[C@H]1CC[C@H](C(C)=O)CC1)=C(/C=N)C(=O)N(CC(=O)c1c(Cl)cncc1Cl)CC1CC(C)(C)C1. The van der Waals surface area contributed by atoms with Gasteiger partial charge in [0.15, 0.2) is 5.78 Å². The number of nitrogens with one attached hydrogen (secondary N) is 2. The summed E-state index contributed by atoms with van der Waals surface area (Å²) in [5.74, 6) is -0.118. The van der Waals surface area contributed by atoms with Crippen LogP contribution in [-0.2, 0) is 9.59 Å². The third-order valence-electron chi connectivity index (χ3n) is 7.42. The van der Waals surface area contributed by atoms with Crippen molar-refractivity contribution in [3.05, 3.63) is 39.3 Å². The van der Waals surface area contributed by atoms with Crippen molar-refractivity contribution in [1.82, 2.24) is 15.2 Å². The first-order chi connectivity index (χ1) is 16.9. The summed E-state index contributed by atoms with van der Waals surface area (Å²) < 4.78 is 0. The molecule has 0 aromatic carbocycles. The first-order valence-corrected chi connectivity index (χ1v) is 13.3. The Balaban J connectivity index is 1.79. The van der Waals surface area contributed by atoms with E-state index in [-0.39, 0.29) is 68.5 Å². The highest BCUT2D eigenvalue weighted by Gasteiger charge is 2.38. The molecule has 0 spiro atoms. The molecule has 1 aromatic rings. The lowest BCUT2D eigenvalue weighted by Crippen LogP contribution is -2.46. The highest BCUT2D eigenvalue weighted by atomic mass is 35.5. The van der Waals surface area contributed by atoms with Crippen LogP contribution in [0.5, 0.6) is 0 Å². The van der Waals surface area contributed by atoms with Crippen LogP contribution in [0.25, 0.3) is 0 Å². The molecule has 0 unspecified atom stereocenters. The maximum absolute atomic E-state index is 13.7. The predicted molar refractivity (Wildman–Crippen MR) is 143 cm³/mol. The molecule has 2 fully saturated rings. The standard InChI is InChI=1S/C27H36Cl2N4O3/c1-16(32-20-7-5-19(6-8-20)17(2)34)21(11-30)26(36)33(14-18-9-27(3,4)10-18)15-24(35)25-22(28)12-31-13-23(25)29/h11-13,18-20,30,32H,5-10,14-15H2,1-4H3/b21-16+,30-11?/t19-,20-. The van der Waals surface area contributed by atoms with E-state index in [0.29, 0.717) is 12.2 Å². The number of ketones is 2. The smallest absolute Gasteiger partial charge is 0.257 e. The van der Waals surface area contributed by atoms with Crippen molar-refractivity contribution in [2.45, 2.75) is 72.3 Å². The molecule has 196 valence electrons. The van der Waals surface area contributed by atoms with E-state index in [1.165, 1.54) is 17.3 Å². The van der Waals surface area contributed by atoms with Gasteiger partial charge in [-0.05, 0) is 63.7 Å². The monoisotopic (exact) mass is 534 g/mol. The zero-order valence-electron chi connectivity index (χ0n) is 21.5. The van der Waals surface area contributed by atoms with Crippen LogP contribution in [-0.4, -0.2) is 52.7 Å². The van der Waals surface area contributed by atoms with Gasteiger partial charge >= 0.3 is 0 Å². The second kappa shape index (κ2) is 11.9. The van der Waals surface area contributed by atoms with Crippen molar-refractivity contribution in [2.24, 2.45) is 17.3 Å². The number of nitrogens with zero attached hydrogens (tertiary/aromatic N) is 2. The van der Waals surface area contributed by atoms with Crippen molar-refractivity contribution in [3.8, 4) is 0 Å². The summed E-state index contributed by atoms with van der Waals surface area (Å²) in [6.07, 6.45) is 9.00. The molecule has 36 heavy (non-hydrogen) atoms. The normalized spacial score (nSPS) is 22.2. The summed E-state index contributed by atoms with van der Waals surface area (Å²) in [6.45, 7) is 8.04. The largest absolute Gasteiger partial charge is 0.385 e. The van der Waals surface area contributed by atoms with Gasteiger partial charge in [0.05, 0.1) is 27.7 Å². The Hall–Kier alpha value is -2.25. The summed E-state index contributed by atoms with van der Waals surface area (Å²) in [6, 6.07) is 0.139. The van der Waals surface area contributed by atoms with Gasteiger partial charge in [-0.1, -0.05) is 37.0 Å². The molecule has 2 saturated carbocycles. The Labute approximate surface area is 223 Å². The van der Waals surface area contributed by atoms with E-state index in [2.05, 4.69) is 24.1 Å². The van der Waals surface area contributed by atoms with Gasteiger partial charge < -0.3 is 15.6 Å². The van der Waals surface area contributed by atoms with Crippen LogP contribution in [0.1, 0.15) is 76.6 Å². The third kappa shape index (κ3) is 6.94. The lowest BCUT2D eigenvalue weighted by atomic mass is 9.64. The Morgan fingerprint density at radius 2 is 1.69 bits per heavy atom. The molecule has 7 nitrogen and oxygen atoms in total. The molecule has 0 atom stereocenters. The minimum atomic E-state index is -0.369. The van der Waals surface area contributed by atoms with Crippen LogP contribution in [0.4, 0.5) is 0 Å². The number of carbonyl (C=O) groups excluding carboxylic acids is 3. The lowest BCUT2D eigenvalue weighted by Gasteiger charge is -2.44. The Morgan fingerprint density at radius 1 is 1.11 bits per heavy atom. The van der Waals surface area contributed by atoms with Gasteiger partial charge in [-0.3, -0.25) is 19.4 Å². The molecule has 0 aliphatic heterocycles. The summed E-state index contributed by atoms with van der Waals surface area (Å²) in [4.78, 5) is 44.0. The van der Waals surface area contributed by atoms with Crippen molar-refractivity contribution < 1.29 is 14.4 Å². The van der Waals surface area contributed by atoms with Gasteiger partial charge in [-0.25, -0.2) is 0 Å². The first-order valence-electron chi connectivity index (χ1n) is 12.5. The van der Waals surface area contributed by atoms with E-state index in [1.54, 1.807) is 13.8 Å². The summed E-state index contributed by atoms with van der Waals surface area (Å²) in [5.41, 5.74) is 1.20. The first kappa shape index (κ1) is 28.3. The maximum atomic E-state index is 13.7. The van der Waals surface area contributed by atoms with Crippen LogP contribution in [0, 0.1) is 22.7 Å². The minimum absolute atomic E-state index is 0.108. The van der Waals surface area contributed by atoms with Crippen LogP contribution in [0.15, 0.2) is 23.7 Å². The highest BCUT2D eigenvalue weighted by Crippen LogP contribution is 2.45. The van der Waals surface area contributed by atoms with E-state index < -0.39 is 0 Å². The Kier molecular flexibility index (Phi) is 9.33. The summed E-state index contributed by atoms with van der Waals surface area (Å²) >= 11 is 12.4. The molecular weight excluding hydrogens is 499 g/mol. The van der Waals surface area contributed by atoms with E-state index in [0.717, 1.165) is 44.7 Å².